The number of ether oxygens (including phenoxy) is 1. The van der Waals surface area contributed by atoms with Gasteiger partial charge in [0.05, 0.1) is 11.3 Å². The topological polar surface area (TPSA) is 96.8 Å². The van der Waals surface area contributed by atoms with E-state index in [1.807, 2.05) is 6.07 Å². The maximum absolute atomic E-state index is 12.6. The molecule has 28 heavy (non-hydrogen) atoms. The fourth-order valence-electron chi connectivity index (χ4n) is 2.82. The summed E-state index contributed by atoms with van der Waals surface area (Å²) in [4.78, 5) is 41.7. The number of thioether (sulfide) groups is 1. The van der Waals surface area contributed by atoms with Crippen LogP contribution in [0.4, 0.5) is 0 Å². The number of carboxylic acids is 1. The van der Waals surface area contributed by atoms with Crippen LogP contribution in [0.5, 0.6) is 0 Å². The highest BCUT2D eigenvalue weighted by molar-refractivity contribution is 8.00. The molecule has 146 valence electrons. The molecule has 3 rings (SSSR count). The number of hydrogen-bond donors (Lipinski definition) is 1. The zero-order valence-corrected chi connectivity index (χ0v) is 16.5. The number of β-lactam (4-membered cyclic amide) rings is 1. The molecule has 0 spiro atoms. The summed E-state index contributed by atoms with van der Waals surface area (Å²) in [5.41, 5.74) is 0.799. The third-order valence-electron chi connectivity index (χ3n) is 3.93. The Hall–Kier alpha value is -2.87. The van der Waals surface area contributed by atoms with E-state index in [9.17, 15) is 19.5 Å². The Kier molecular flexibility index (Phi) is 5.42. The first-order valence-corrected chi connectivity index (χ1v) is 9.67. The highest BCUT2D eigenvalue weighted by Gasteiger charge is 2.49. The molecular formula is C20H20N2O5S. The van der Waals surface area contributed by atoms with Crippen molar-refractivity contribution in [2.45, 2.75) is 31.7 Å². The number of rotatable bonds is 4. The molecule has 1 fully saturated rings. The summed E-state index contributed by atoms with van der Waals surface area (Å²) >= 11 is 1.42. The van der Waals surface area contributed by atoms with Crippen molar-refractivity contribution in [3.63, 3.8) is 0 Å². The van der Waals surface area contributed by atoms with E-state index in [4.69, 9.17) is 4.74 Å². The van der Waals surface area contributed by atoms with E-state index in [-0.39, 0.29) is 17.0 Å². The van der Waals surface area contributed by atoms with Crippen molar-refractivity contribution in [3.8, 4) is 0 Å². The minimum Gasteiger partial charge on any atom is -0.477 e. The molecular weight excluding hydrogens is 380 g/mol. The molecule has 7 nitrogen and oxygen atoms in total. The first-order valence-electron chi connectivity index (χ1n) is 8.62. The smallest absolute Gasteiger partial charge is 0.352 e. The van der Waals surface area contributed by atoms with Gasteiger partial charge in [-0.05, 0) is 50.6 Å². The lowest BCUT2D eigenvalue weighted by Gasteiger charge is -2.45. The van der Waals surface area contributed by atoms with Gasteiger partial charge in [0.2, 0.25) is 0 Å². The van der Waals surface area contributed by atoms with Crippen LogP contribution in [0.2, 0.25) is 0 Å². The summed E-state index contributed by atoms with van der Waals surface area (Å²) in [5.74, 6) is -1.79. The van der Waals surface area contributed by atoms with Crippen LogP contribution in [0.25, 0.3) is 6.08 Å². The lowest BCUT2D eigenvalue weighted by Crippen LogP contribution is -2.56. The van der Waals surface area contributed by atoms with Crippen molar-refractivity contribution in [1.82, 2.24) is 9.88 Å². The number of esters is 1. The average Bonchev–Trinajstić information content (AvgIpc) is 2.62. The number of carboxylic acid groups (broad SMARTS) is 1. The maximum Gasteiger partial charge on any atom is 0.352 e. The Labute approximate surface area is 166 Å². The molecule has 1 atom stereocenters. The van der Waals surface area contributed by atoms with Gasteiger partial charge in [0.25, 0.3) is 5.91 Å². The van der Waals surface area contributed by atoms with Crippen LogP contribution in [-0.2, 0) is 19.1 Å². The van der Waals surface area contributed by atoms with Crippen LogP contribution in [0.15, 0.2) is 53.4 Å². The molecule has 0 aliphatic carbocycles. The van der Waals surface area contributed by atoms with Crippen molar-refractivity contribution in [3.05, 3.63) is 59.1 Å². The first-order chi connectivity index (χ1) is 13.2. The van der Waals surface area contributed by atoms with Gasteiger partial charge in [-0.3, -0.25) is 14.7 Å². The Morgan fingerprint density at radius 1 is 1.36 bits per heavy atom. The van der Waals surface area contributed by atoms with Gasteiger partial charge in [-0.15, -0.1) is 11.8 Å². The molecule has 3 heterocycles. The van der Waals surface area contributed by atoms with Gasteiger partial charge in [-0.1, -0.05) is 6.07 Å². The zero-order chi connectivity index (χ0) is 20.5. The van der Waals surface area contributed by atoms with Crippen molar-refractivity contribution < 1.29 is 24.2 Å². The molecule has 1 N–H and O–H groups in total. The van der Waals surface area contributed by atoms with E-state index in [0.717, 1.165) is 0 Å². The number of amides is 1. The maximum atomic E-state index is 12.6. The summed E-state index contributed by atoms with van der Waals surface area (Å²) in [6, 6.07) is 5.37. The zero-order valence-electron chi connectivity index (χ0n) is 15.7. The molecule has 1 aromatic heterocycles. The minimum atomic E-state index is -1.21. The van der Waals surface area contributed by atoms with Crippen molar-refractivity contribution in [1.29, 1.82) is 0 Å². The number of fused-ring (bicyclic) bond motifs is 1. The first kappa shape index (κ1) is 19.9. The van der Waals surface area contributed by atoms with E-state index in [2.05, 4.69) is 4.98 Å². The molecule has 0 aromatic carbocycles. The molecule has 8 heteroatoms. The highest BCUT2D eigenvalue weighted by Crippen LogP contribution is 2.44. The number of nitrogens with zero attached hydrogens (tertiary/aromatic N) is 2. The van der Waals surface area contributed by atoms with Gasteiger partial charge < -0.3 is 9.84 Å². The summed E-state index contributed by atoms with van der Waals surface area (Å²) in [5, 5.41) is 9.26. The molecule has 2 aliphatic rings. The van der Waals surface area contributed by atoms with Gasteiger partial charge >= 0.3 is 11.9 Å². The number of pyridine rings is 1. The van der Waals surface area contributed by atoms with Gasteiger partial charge in [-0.25, -0.2) is 9.59 Å². The molecule has 1 saturated heterocycles. The van der Waals surface area contributed by atoms with E-state index >= 15 is 0 Å². The third-order valence-corrected chi connectivity index (χ3v) is 5.19. The predicted molar refractivity (Wildman–Crippen MR) is 105 cm³/mol. The van der Waals surface area contributed by atoms with Crippen LogP contribution >= 0.6 is 11.8 Å². The van der Waals surface area contributed by atoms with E-state index in [0.29, 0.717) is 22.6 Å². The Bertz CT molecular complexity index is 912. The Balaban J connectivity index is 1.85. The molecule has 2 aliphatic heterocycles. The molecule has 0 radical (unpaired) electrons. The van der Waals surface area contributed by atoms with Crippen LogP contribution in [0.3, 0.4) is 0 Å². The Morgan fingerprint density at radius 2 is 2.11 bits per heavy atom. The predicted octanol–water partition coefficient (Wildman–Crippen LogP) is 2.62. The average molecular weight is 400 g/mol. The number of allylic oxidation sites excluding steroid dienone is 1. The number of hydrogen-bond acceptors (Lipinski definition) is 6. The molecule has 1 aromatic rings. The fraction of sp³-hybridized carbons (Fsp3) is 0.300. The second-order valence-electron chi connectivity index (χ2n) is 7.24. The monoisotopic (exact) mass is 400 g/mol. The molecule has 1 amide bonds. The summed E-state index contributed by atoms with van der Waals surface area (Å²) in [6.45, 7) is 5.24. The standard InChI is InChI=1S/C20H20N2O5S/c1-20(2,3)27-15(23)8-7-12-11-28-18-14(10-13-6-4-5-9-21-13)17(24)22(18)16(12)19(25)26/h4-10,18H,11H2,1-3H3,(H,25,26)/b8-7+,14-10-/t18-/m0/s1. The van der Waals surface area contributed by atoms with E-state index in [1.54, 1.807) is 45.2 Å². The minimum absolute atomic E-state index is 0.105. The van der Waals surface area contributed by atoms with Crippen LogP contribution in [0, 0.1) is 0 Å². The summed E-state index contributed by atoms with van der Waals surface area (Å²) < 4.78 is 5.19. The number of aromatic nitrogens is 1. The van der Waals surface area contributed by atoms with Gasteiger partial charge in [0.15, 0.2) is 0 Å². The van der Waals surface area contributed by atoms with E-state index < -0.39 is 17.5 Å². The van der Waals surface area contributed by atoms with Crippen LogP contribution in [-0.4, -0.2) is 49.6 Å². The quantitative estimate of drug-likeness (QED) is 0.471. The normalized spacial score (nSPS) is 21.0. The SMILES string of the molecule is CC(C)(C)OC(=O)/C=C/C1=C(C(=O)O)N2C(=O)/C(=C/c3ccccn3)[C@@H]2SC1. The molecule has 0 unspecified atom stereocenters. The molecule has 0 bridgehead atoms. The third kappa shape index (κ3) is 4.17. The van der Waals surface area contributed by atoms with Gasteiger partial charge in [-0.2, -0.15) is 0 Å². The van der Waals surface area contributed by atoms with Crippen LogP contribution < -0.4 is 0 Å². The number of carbonyl (C=O) groups excluding carboxylic acids is 2. The van der Waals surface area contributed by atoms with Crippen molar-refractivity contribution in [2.75, 3.05) is 5.75 Å². The lowest BCUT2D eigenvalue weighted by atomic mass is 10.0. The Morgan fingerprint density at radius 3 is 2.71 bits per heavy atom. The largest absolute Gasteiger partial charge is 0.477 e. The van der Waals surface area contributed by atoms with Crippen LogP contribution in [0.1, 0.15) is 26.5 Å². The summed E-state index contributed by atoms with van der Waals surface area (Å²) in [7, 11) is 0. The van der Waals surface area contributed by atoms with E-state index in [1.165, 1.54) is 28.8 Å². The second-order valence-corrected chi connectivity index (χ2v) is 8.31. The fourth-order valence-corrected chi connectivity index (χ4v) is 4.09. The van der Waals surface area contributed by atoms with Crippen molar-refractivity contribution >= 4 is 35.7 Å². The van der Waals surface area contributed by atoms with Gasteiger partial charge in [0.1, 0.15) is 16.7 Å². The van der Waals surface area contributed by atoms with Crippen molar-refractivity contribution in [2.24, 2.45) is 0 Å². The second kappa shape index (κ2) is 7.63. The lowest BCUT2D eigenvalue weighted by molar-refractivity contribution is -0.148. The number of aliphatic carboxylic acids is 1. The van der Waals surface area contributed by atoms with Gasteiger partial charge in [0, 0.05) is 18.0 Å². The summed E-state index contributed by atoms with van der Waals surface area (Å²) in [6.07, 6.45) is 5.91. The molecule has 0 saturated carbocycles. The number of carbonyl (C=O) groups is 3. The highest BCUT2D eigenvalue weighted by atomic mass is 32.2.